The number of methoxy groups -OCH3 is 1. The molecule has 0 aromatic heterocycles. The molecule has 1 aromatic rings. The van der Waals surface area contributed by atoms with Gasteiger partial charge in [-0.1, -0.05) is 12.1 Å². The number of fused-ring (bicyclic) bond motifs is 1. The maximum Gasteiger partial charge on any atom is 0.337 e. The van der Waals surface area contributed by atoms with Gasteiger partial charge in [0.1, 0.15) is 0 Å². The van der Waals surface area contributed by atoms with E-state index in [1.165, 1.54) is 7.11 Å². The molecule has 2 aliphatic carbocycles. The van der Waals surface area contributed by atoms with Gasteiger partial charge in [0, 0.05) is 6.54 Å². The number of nitrogens with one attached hydrogen (secondary N) is 1. The van der Waals surface area contributed by atoms with Gasteiger partial charge in [-0.25, -0.2) is 4.79 Å². The zero-order valence-electron chi connectivity index (χ0n) is 10.9. The minimum absolute atomic E-state index is 0.0503. The van der Waals surface area contributed by atoms with Gasteiger partial charge >= 0.3 is 5.97 Å². The number of ether oxygens (including phenoxy) is 1. The number of carbonyl (C=O) groups is 2. The Kier molecular flexibility index (Phi) is 2.81. The van der Waals surface area contributed by atoms with Gasteiger partial charge in [0.25, 0.3) is 0 Å². The van der Waals surface area contributed by atoms with E-state index in [2.05, 4.69) is 10.1 Å². The minimum atomic E-state index is -0.326. The molecule has 0 aliphatic heterocycles. The van der Waals surface area contributed by atoms with Crippen molar-refractivity contribution in [2.45, 2.75) is 19.3 Å². The first-order valence-corrected chi connectivity index (χ1v) is 6.61. The first kappa shape index (κ1) is 12.2. The lowest BCUT2D eigenvalue weighted by atomic mass is 10.1. The van der Waals surface area contributed by atoms with E-state index in [1.54, 1.807) is 12.1 Å². The number of rotatable bonds is 5. The van der Waals surface area contributed by atoms with Crippen molar-refractivity contribution in [2.75, 3.05) is 13.7 Å². The van der Waals surface area contributed by atoms with Crippen LogP contribution < -0.4 is 5.32 Å². The first-order chi connectivity index (χ1) is 9.15. The van der Waals surface area contributed by atoms with Crippen molar-refractivity contribution in [2.24, 2.45) is 11.3 Å². The first-order valence-electron chi connectivity index (χ1n) is 6.61. The van der Waals surface area contributed by atoms with Gasteiger partial charge in [-0.15, -0.1) is 0 Å². The molecule has 2 saturated carbocycles. The summed E-state index contributed by atoms with van der Waals surface area (Å²) in [5.74, 6) is 0.586. The highest BCUT2D eigenvalue weighted by Crippen LogP contribution is 2.75. The number of hydrogen-bond donors (Lipinski definition) is 1. The molecule has 0 unspecified atom stereocenters. The summed E-state index contributed by atoms with van der Waals surface area (Å²) in [6.07, 6.45) is 2.97. The molecule has 0 saturated heterocycles. The standard InChI is InChI=1S/C15H17NO3/c1-19-13(17)11-4-2-10(3-5-11)6-7-16-14(18)15-8-12(15)9-15/h2-5,12H,6-9H2,1H3,(H,16,18). The van der Waals surface area contributed by atoms with Gasteiger partial charge < -0.3 is 10.1 Å². The van der Waals surface area contributed by atoms with Crippen LogP contribution in [0.2, 0.25) is 0 Å². The van der Waals surface area contributed by atoms with E-state index in [4.69, 9.17) is 0 Å². The molecular formula is C15H17NO3. The molecule has 2 fully saturated rings. The van der Waals surface area contributed by atoms with E-state index in [9.17, 15) is 9.59 Å². The van der Waals surface area contributed by atoms with Crippen LogP contribution in [-0.2, 0) is 16.0 Å². The number of benzene rings is 1. The van der Waals surface area contributed by atoms with Crippen LogP contribution in [-0.4, -0.2) is 25.5 Å². The summed E-state index contributed by atoms with van der Waals surface area (Å²) in [5.41, 5.74) is 1.70. The Morgan fingerprint density at radius 3 is 2.47 bits per heavy atom. The third kappa shape index (κ3) is 2.23. The summed E-state index contributed by atoms with van der Waals surface area (Å²) in [4.78, 5) is 23.0. The Morgan fingerprint density at radius 1 is 1.32 bits per heavy atom. The molecule has 19 heavy (non-hydrogen) atoms. The largest absolute Gasteiger partial charge is 0.465 e. The van der Waals surface area contributed by atoms with Crippen LogP contribution in [0.4, 0.5) is 0 Å². The number of esters is 1. The van der Waals surface area contributed by atoms with Gasteiger partial charge in [-0.05, 0) is 42.9 Å². The fraction of sp³-hybridized carbons (Fsp3) is 0.467. The smallest absolute Gasteiger partial charge is 0.337 e. The second-order valence-corrected chi connectivity index (χ2v) is 5.46. The molecular weight excluding hydrogens is 242 g/mol. The van der Waals surface area contributed by atoms with Crippen LogP contribution in [0.15, 0.2) is 24.3 Å². The predicted molar refractivity (Wildman–Crippen MR) is 69.7 cm³/mol. The van der Waals surface area contributed by atoms with Gasteiger partial charge in [0.15, 0.2) is 0 Å². The van der Waals surface area contributed by atoms with Crippen LogP contribution in [0.5, 0.6) is 0 Å². The van der Waals surface area contributed by atoms with Crippen molar-refractivity contribution in [3.63, 3.8) is 0 Å². The van der Waals surface area contributed by atoms with Crippen molar-refractivity contribution in [3.8, 4) is 0 Å². The summed E-state index contributed by atoms with van der Waals surface area (Å²) in [5, 5.41) is 2.99. The van der Waals surface area contributed by atoms with Crippen molar-refractivity contribution in [3.05, 3.63) is 35.4 Å². The zero-order chi connectivity index (χ0) is 13.5. The fourth-order valence-electron chi connectivity index (χ4n) is 2.49. The second kappa shape index (κ2) is 4.37. The topological polar surface area (TPSA) is 55.4 Å². The van der Waals surface area contributed by atoms with Crippen LogP contribution in [0.1, 0.15) is 28.8 Å². The van der Waals surface area contributed by atoms with Gasteiger partial charge in [-0.3, -0.25) is 4.79 Å². The highest BCUT2D eigenvalue weighted by molar-refractivity contribution is 5.90. The maximum atomic E-state index is 11.8. The monoisotopic (exact) mass is 259 g/mol. The maximum absolute atomic E-state index is 11.8. The molecule has 4 heteroatoms. The number of amides is 1. The van der Waals surface area contributed by atoms with Crippen LogP contribution in [0, 0.1) is 11.3 Å². The average Bonchev–Trinajstić information content (AvgIpc) is 3.27. The molecule has 0 atom stereocenters. The number of carbonyl (C=O) groups excluding carboxylic acids is 2. The molecule has 1 aromatic carbocycles. The molecule has 0 heterocycles. The van der Waals surface area contributed by atoms with E-state index in [0.717, 1.165) is 24.8 Å². The summed E-state index contributed by atoms with van der Waals surface area (Å²) in [6, 6.07) is 7.29. The van der Waals surface area contributed by atoms with Crippen molar-refractivity contribution < 1.29 is 14.3 Å². The highest BCUT2D eigenvalue weighted by Gasteiger charge is 2.74. The second-order valence-electron chi connectivity index (χ2n) is 5.46. The average molecular weight is 259 g/mol. The Hall–Kier alpha value is -1.84. The molecule has 0 radical (unpaired) electrons. The van der Waals surface area contributed by atoms with E-state index in [-0.39, 0.29) is 17.3 Å². The third-order valence-electron chi connectivity index (χ3n) is 4.21. The van der Waals surface area contributed by atoms with Gasteiger partial charge in [0.2, 0.25) is 5.91 Å². The molecule has 0 spiro atoms. The normalized spacial score (nSPS) is 26.3. The Morgan fingerprint density at radius 2 is 1.95 bits per heavy atom. The van der Waals surface area contributed by atoms with E-state index in [0.29, 0.717) is 18.0 Å². The van der Waals surface area contributed by atoms with Crippen LogP contribution in [0.25, 0.3) is 0 Å². The molecule has 0 bridgehead atoms. The summed E-state index contributed by atoms with van der Waals surface area (Å²) >= 11 is 0. The molecule has 4 nitrogen and oxygen atoms in total. The summed E-state index contributed by atoms with van der Waals surface area (Å²) in [7, 11) is 1.37. The van der Waals surface area contributed by atoms with E-state index < -0.39 is 0 Å². The third-order valence-corrected chi connectivity index (χ3v) is 4.21. The van der Waals surface area contributed by atoms with E-state index in [1.807, 2.05) is 12.1 Å². The molecule has 2 aliphatic rings. The Labute approximate surface area is 112 Å². The molecule has 100 valence electrons. The summed E-state index contributed by atoms with van der Waals surface area (Å²) in [6.45, 7) is 0.658. The SMILES string of the molecule is COC(=O)c1ccc(CCNC(=O)C23CC2C3)cc1. The van der Waals surface area contributed by atoms with Crippen molar-refractivity contribution >= 4 is 11.9 Å². The summed E-state index contributed by atoms with van der Waals surface area (Å²) < 4.78 is 4.64. The van der Waals surface area contributed by atoms with E-state index >= 15 is 0 Å². The minimum Gasteiger partial charge on any atom is -0.465 e. The molecule has 3 rings (SSSR count). The van der Waals surface area contributed by atoms with Gasteiger partial charge in [-0.2, -0.15) is 0 Å². The highest BCUT2D eigenvalue weighted by atomic mass is 16.5. The van der Waals surface area contributed by atoms with Crippen LogP contribution in [0.3, 0.4) is 0 Å². The zero-order valence-corrected chi connectivity index (χ0v) is 10.9. The lowest BCUT2D eigenvalue weighted by Gasteiger charge is -2.07. The van der Waals surface area contributed by atoms with Crippen molar-refractivity contribution in [1.29, 1.82) is 0 Å². The van der Waals surface area contributed by atoms with Gasteiger partial charge in [0.05, 0.1) is 18.1 Å². The molecule has 1 N–H and O–H groups in total. The Balaban J connectivity index is 1.47. The Bertz CT molecular complexity index is 515. The quantitative estimate of drug-likeness (QED) is 0.816. The van der Waals surface area contributed by atoms with Crippen molar-refractivity contribution in [1.82, 2.24) is 5.32 Å². The lowest BCUT2D eigenvalue weighted by Crippen LogP contribution is -2.29. The lowest BCUT2D eigenvalue weighted by molar-refractivity contribution is -0.124. The fourth-order valence-corrected chi connectivity index (χ4v) is 2.49. The number of hydrogen-bond acceptors (Lipinski definition) is 3. The van der Waals surface area contributed by atoms with Crippen LogP contribution >= 0.6 is 0 Å². The molecule has 1 amide bonds. The predicted octanol–water partition coefficient (Wildman–Crippen LogP) is 1.54.